The molecule has 2 rings (SSSR count). The number of methoxy groups -OCH3 is 1. The van der Waals surface area contributed by atoms with E-state index in [0.717, 1.165) is 0 Å². The number of rotatable bonds is 6. The van der Waals surface area contributed by atoms with Crippen molar-refractivity contribution in [2.45, 2.75) is 6.10 Å². The average Bonchev–Trinajstić information content (AvgIpc) is 2.61. The lowest BCUT2D eigenvalue weighted by atomic mass is 10.1. The zero-order chi connectivity index (χ0) is 17.4. The summed E-state index contributed by atoms with van der Waals surface area (Å²) in [6, 6.07) is 15.6. The van der Waals surface area contributed by atoms with E-state index in [0.29, 0.717) is 16.3 Å². The first-order chi connectivity index (χ1) is 11.6. The Labute approximate surface area is 144 Å². The number of amides is 2. The Balaban J connectivity index is 1.80. The van der Waals surface area contributed by atoms with E-state index >= 15 is 0 Å². The van der Waals surface area contributed by atoms with Crippen molar-refractivity contribution < 1.29 is 19.1 Å². The Bertz CT molecular complexity index is 677. The molecule has 1 atom stereocenters. The Morgan fingerprint density at radius 2 is 1.71 bits per heavy atom. The van der Waals surface area contributed by atoms with Crippen LogP contribution in [-0.4, -0.2) is 25.5 Å². The van der Waals surface area contributed by atoms with Gasteiger partial charge in [-0.25, -0.2) is 0 Å². The molecule has 0 spiro atoms. The largest absolute Gasteiger partial charge is 0.484 e. The second-order valence-corrected chi connectivity index (χ2v) is 5.24. The van der Waals surface area contributed by atoms with Crippen LogP contribution in [0, 0.1) is 0 Å². The number of benzene rings is 2. The summed E-state index contributed by atoms with van der Waals surface area (Å²) in [5.74, 6) is -0.482. The van der Waals surface area contributed by atoms with Gasteiger partial charge in [-0.1, -0.05) is 41.9 Å². The van der Waals surface area contributed by atoms with E-state index in [2.05, 4.69) is 10.9 Å². The first kappa shape index (κ1) is 17.8. The van der Waals surface area contributed by atoms with Crippen molar-refractivity contribution in [1.29, 1.82) is 0 Å². The average molecular weight is 349 g/mol. The molecule has 0 aliphatic carbocycles. The highest BCUT2D eigenvalue weighted by Gasteiger charge is 2.20. The van der Waals surface area contributed by atoms with Crippen LogP contribution in [0.2, 0.25) is 5.02 Å². The SMILES string of the molecule is CO[C@@H](C(=O)NNC(=O)COc1ccc(Cl)cc1)c1ccccc1. The van der Waals surface area contributed by atoms with E-state index in [1.807, 2.05) is 6.07 Å². The maximum Gasteiger partial charge on any atom is 0.276 e. The zero-order valence-corrected chi connectivity index (χ0v) is 13.7. The Morgan fingerprint density at radius 3 is 2.33 bits per heavy atom. The molecule has 24 heavy (non-hydrogen) atoms. The van der Waals surface area contributed by atoms with Gasteiger partial charge in [-0.05, 0) is 29.8 Å². The number of hydrazine groups is 1. The fourth-order valence-electron chi connectivity index (χ4n) is 1.93. The number of carbonyl (C=O) groups excluding carboxylic acids is 2. The number of carbonyl (C=O) groups is 2. The Morgan fingerprint density at radius 1 is 1.04 bits per heavy atom. The number of hydrogen-bond donors (Lipinski definition) is 2. The third-order valence-corrected chi connectivity index (χ3v) is 3.34. The minimum Gasteiger partial charge on any atom is -0.484 e. The summed E-state index contributed by atoms with van der Waals surface area (Å²) in [5, 5.41) is 0.575. The van der Waals surface area contributed by atoms with Gasteiger partial charge < -0.3 is 9.47 Å². The summed E-state index contributed by atoms with van der Waals surface area (Å²) >= 11 is 5.76. The first-order valence-electron chi connectivity index (χ1n) is 7.15. The molecule has 0 heterocycles. The maximum absolute atomic E-state index is 12.1. The first-order valence-corrected chi connectivity index (χ1v) is 7.52. The number of nitrogens with one attached hydrogen (secondary N) is 2. The Hall–Kier alpha value is -2.57. The topological polar surface area (TPSA) is 76.7 Å². The van der Waals surface area contributed by atoms with Crippen molar-refractivity contribution in [3.05, 3.63) is 65.2 Å². The van der Waals surface area contributed by atoms with Gasteiger partial charge in [0.25, 0.3) is 11.8 Å². The molecule has 0 radical (unpaired) electrons. The predicted molar refractivity (Wildman–Crippen MR) is 89.4 cm³/mol. The molecule has 0 bridgehead atoms. The molecule has 126 valence electrons. The maximum atomic E-state index is 12.1. The number of ether oxygens (including phenoxy) is 2. The monoisotopic (exact) mass is 348 g/mol. The van der Waals surface area contributed by atoms with Crippen molar-refractivity contribution in [1.82, 2.24) is 10.9 Å². The molecular weight excluding hydrogens is 332 g/mol. The van der Waals surface area contributed by atoms with Crippen LogP contribution >= 0.6 is 11.6 Å². The van der Waals surface area contributed by atoms with E-state index < -0.39 is 17.9 Å². The summed E-state index contributed by atoms with van der Waals surface area (Å²) in [6.07, 6.45) is -0.816. The van der Waals surface area contributed by atoms with E-state index in [1.165, 1.54) is 7.11 Å². The molecule has 0 aliphatic rings. The van der Waals surface area contributed by atoms with E-state index in [9.17, 15) is 9.59 Å². The van der Waals surface area contributed by atoms with Crippen LogP contribution in [0.4, 0.5) is 0 Å². The molecule has 0 unspecified atom stereocenters. The van der Waals surface area contributed by atoms with Gasteiger partial charge in [-0.2, -0.15) is 0 Å². The van der Waals surface area contributed by atoms with Crippen LogP contribution in [0.15, 0.2) is 54.6 Å². The fraction of sp³-hybridized carbons (Fsp3) is 0.176. The standard InChI is InChI=1S/C17H17ClN2O4/c1-23-16(12-5-3-2-4-6-12)17(22)20-19-15(21)11-24-14-9-7-13(18)8-10-14/h2-10,16H,11H2,1H3,(H,19,21)(H,20,22)/t16-/m1/s1. The smallest absolute Gasteiger partial charge is 0.276 e. The van der Waals surface area contributed by atoms with Gasteiger partial charge in [0.2, 0.25) is 0 Å². The van der Waals surface area contributed by atoms with Crippen LogP contribution in [-0.2, 0) is 14.3 Å². The summed E-state index contributed by atoms with van der Waals surface area (Å²) < 4.78 is 10.4. The van der Waals surface area contributed by atoms with Gasteiger partial charge in [-0.3, -0.25) is 20.4 Å². The second-order valence-electron chi connectivity index (χ2n) is 4.81. The molecule has 6 nitrogen and oxygen atoms in total. The quantitative estimate of drug-likeness (QED) is 0.785. The van der Waals surface area contributed by atoms with Crippen LogP contribution in [0.3, 0.4) is 0 Å². The molecule has 7 heteroatoms. The summed E-state index contributed by atoms with van der Waals surface area (Å²) in [7, 11) is 1.42. The minimum atomic E-state index is -0.816. The highest BCUT2D eigenvalue weighted by atomic mass is 35.5. The lowest BCUT2D eigenvalue weighted by molar-refractivity contribution is -0.136. The van der Waals surface area contributed by atoms with E-state index in [1.54, 1.807) is 48.5 Å². The molecule has 0 aliphatic heterocycles. The Kier molecular flexibility index (Phi) is 6.60. The minimum absolute atomic E-state index is 0.245. The van der Waals surface area contributed by atoms with Gasteiger partial charge in [-0.15, -0.1) is 0 Å². The van der Waals surface area contributed by atoms with E-state index in [-0.39, 0.29) is 6.61 Å². The van der Waals surface area contributed by atoms with Gasteiger partial charge >= 0.3 is 0 Å². The number of halogens is 1. The fourth-order valence-corrected chi connectivity index (χ4v) is 2.06. The van der Waals surface area contributed by atoms with Crippen molar-refractivity contribution in [3.8, 4) is 5.75 Å². The molecule has 0 saturated heterocycles. The molecule has 0 fully saturated rings. The van der Waals surface area contributed by atoms with Gasteiger partial charge in [0.1, 0.15) is 5.75 Å². The molecule has 0 saturated carbocycles. The van der Waals surface area contributed by atoms with Crippen LogP contribution in [0.5, 0.6) is 5.75 Å². The third-order valence-electron chi connectivity index (χ3n) is 3.08. The van der Waals surface area contributed by atoms with Crippen molar-refractivity contribution in [2.75, 3.05) is 13.7 Å². The normalized spacial score (nSPS) is 11.4. The summed E-state index contributed by atoms with van der Waals surface area (Å²) in [5.41, 5.74) is 5.28. The highest BCUT2D eigenvalue weighted by molar-refractivity contribution is 6.30. The number of hydrogen-bond acceptors (Lipinski definition) is 4. The van der Waals surface area contributed by atoms with E-state index in [4.69, 9.17) is 21.1 Å². The molecule has 0 aromatic heterocycles. The predicted octanol–water partition coefficient (Wildman–Crippen LogP) is 2.25. The lowest BCUT2D eigenvalue weighted by Crippen LogP contribution is -2.46. The van der Waals surface area contributed by atoms with Gasteiger partial charge in [0, 0.05) is 12.1 Å². The van der Waals surface area contributed by atoms with Crippen LogP contribution < -0.4 is 15.6 Å². The van der Waals surface area contributed by atoms with Crippen molar-refractivity contribution >= 4 is 23.4 Å². The third kappa shape index (κ3) is 5.26. The van der Waals surface area contributed by atoms with Crippen LogP contribution in [0.1, 0.15) is 11.7 Å². The molecule has 2 aromatic carbocycles. The van der Waals surface area contributed by atoms with Crippen LogP contribution in [0.25, 0.3) is 0 Å². The molecule has 2 N–H and O–H groups in total. The summed E-state index contributed by atoms with van der Waals surface area (Å²) in [4.78, 5) is 23.8. The highest BCUT2D eigenvalue weighted by Crippen LogP contribution is 2.16. The second kappa shape index (κ2) is 8.90. The van der Waals surface area contributed by atoms with Gasteiger partial charge in [0.05, 0.1) is 0 Å². The van der Waals surface area contributed by atoms with Crippen molar-refractivity contribution in [2.24, 2.45) is 0 Å². The molecule has 2 aromatic rings. The lowest BCUT2D eigenvalue weighted by Gasteiger charge is -2.16. The van der Waals surface area contributed by atoms with Crippen molar-refractivity contribution in [3.63, 3.8) is 0 Å². The zero-order valence-electron chi connectivity index (χ0n) is 13.0. The van der Waals surface area contributed by atoms with Gasteiger partial charge in [0.15, 0.2) is 12.7 Å². The molecule has 2 amide bonds. The molecular formula is C17H17ClN2O4. The summed E-state index contributed by atoms with van der Waals surface area (Å²) in [6.45, 7) is -0.245.